The normalized spacial score (nSPS) is 11.8. The van der Waals surface area contributed by atoms with E-state index in [0.29, 0.717) is 12.1 Å². The summed E-state index contributed by atoms with van der Waals surface area (Å²) in [6.45, 7) is 0. The zero-order valence-corrected chi connectivity index (χ0v) is 10.1. The van der Waals surface area contributed by atoms with E-state index in [-0.39, 0.29) is 0 Å². The Balaban J connectivity index is 2.79. The van der Waals surface area contributed by atoms with E-state index in [1.165, 1.54) is 0 Å². The summed E-state index contributed by atoms with van der Waals surface area (Å²) in [7, 11) is 0. The highest BCUT2D eigenvalue weighted by Crippen LogP contribution is 2.37. The van der Waals surface area contributed by atoms with E-state index in [2.05, 4.69) is 4.98 Å². The van der Waals surface area contributed by atoms with Crippen LogP contribution < -0.4 is 0 Å². The Morgan fingerprint density at radius 3 is 1.68 bits per heavy atom. The molecule has 0 saturated heterocycles. The molecule has 118 valence electrons. The van der Waals surface area contributed by atoms with E-state index in [9.17, 15) is 35.1 Å². The molecule has 22 heavy (non-hydrogen) atoms. The van der Waals surface area contributed by atoms with Gasteiger partial charge in [-0.2, -0.15) is 13.2 Å². The number of nitrogens with zero attached hydrogens (tertiary/aromatic N) is 1. The molecule has 0 atom stereocenters. The van der Waals surface area contributed by atoms with E-state index >= 15 is 0 Å². The first-order valence-corrected chi connectivity index (χ1v) is 5.34. The van der Waals surface area contributed by atoms with Crippen molar-refractivity contribution in [1.82, 2.24) is 4.98 Å². The van der Waals surface area contributed by atoms with Crippen molar-refractivity contribution < 1.29 is 40.2 Å². The minimum Gasteiger partial charge on any atom is -0.506 e. The number of alkyl halides is 3. The highest BCUT2D eigenvalue weighted by Gasteiger charge is 2.37. The summed E-state index contributed by atoms with van der Waals surface area (Å²) in [6, 6.07) is 0.867. The van der Waals surface area contributed by atoms with E-state index in [4.69, 9.17) is 5.11 Å². The summed E-state index contributed by atoms with van der Waals surface area (Å²) in [6.07, 6.45) is -5.19. The number of rotatable bonds is 1. The van der Waals surface area contributed by atoms with E-state index in [0.717, 1.165) is 0 Å². The van der Waals surface area contributed by atoms with Gasteiger partial charge in [0.1, 0.15) is 5.75 Å². The maximum atomic E-state index is 13.5. The molecule has 10 heteroatoms. The van der Waals surface area contributed by atoms with Gasteiger partial charge < -0.3 is 5.11 Å². The van der Waals surface area contributed by atoms with Crippen LogP contribution in [0.3, 0.4) is 0 Å². The van der Waals surface area contributed by atoms with Crippen molar-refractivity contribution in [2.24, 2.45) is 0 Å². The first kappa shape index (κ1) is 16.0. The maximum absolute atomic E-state index is 13.5. The number of hydrogen-bond acceptors (Lipinski definition) is 2. The van der Waals surface area contributed by atoms with Crippen molar-refractivity contribution in [3.05, 3.63) is 46.9 Å². The second-order valence-electron chi connectivity index (χ2n) is 4.01. The highest BCUT2D eigenvalue weighted by atomic mass is 19.4. The van der Waals surface area contributed by atoms with Gasteiger partial charge in [-0.1, -0.05) is 0 Å². The lowest BCUT2D eigenvalue weighted by molar-refractivity contribution is -0.142. The second-order valence-corrected chi connectivity index (χ2v) is 4.01. The topological polar surface area (TPSA) is 33.1 Å². The van der Waals surface area contributed by atoms with Crippen LogP contribution in [0.1, 0.15) is 5.69 Å². The van der Waals surface area contributed by atoms with Gasteiger partial charge in [-0.3, -0.25) is 0 Å². The Kier molecular flexibility index (Phi) is 3.71. The zero-order valence-electron chi connectivity index (χ0n) is 10.1. The molecular weight excluding hydrogens is 326 g/mol. The number of halogens is 8. The first-order valence-electron chi connectivity index (χ1n) is 5.34. The molecule has 0 aliphatic heterocycles. The highest BCUT2D eigenvalue weighted by molar-refractivity contribution is 5.62. The van der Waals surface area contributed by atoms with Crippen LogP contribution in [-0.2, 0) is 6.18 Å². The molecule has 0 aliphatic rings. The van der Waals surface area contributed by atoms with E-state index in [1.54, 1.807) is 0 Å². The van der Waals surface area contributed by atoms with Gasteiger partial charge >= 0.3 is 6.18 Å². The molecule has 0 spiro atoms. The summed E-state index contributed by atoms with van der Waals surface area (Å²) in [4.78, 5) is 2.74. The van der Waals surface area contributed by atoms with Gasteiger partial charge in [0.05, 0.1) is 11.3 Å². The molecule has 0 aliphatic carbocycles. The molecule has 1 N–H and O–H groups in total. The van der Waals surface area contributed by atoms with E-state index in [1.807, 2.05) is 0 Å². The van der Waals surface area contributed by atoms with Crippen LogP contribution in [0.4, 0.5) is 35.1 Å². The van der Waals surface area contributed by atoms with Crippen molar-refractivity contribution in [3.8, 4) is 17.0 Å². The van der Waals surface area contributed by atoms with Crippen molar-refractivity contribution in [2.45, 2.75) is 6.18 Å². The third-order valence-electron chi connectivity index (χ3n) is 2.61. The van der Waals surface area contributed by atoms with E-state index < -0.39 is 58.0 Å². The third kappa shape index (κ3) is 2.44. The lowest BCUT2D eigenvalue weighted by Gasteiger charge is -2.12. The molecular formula is C12H3F8NO. The number of pyridine rings is 1. The molecule has 0 unspecified atom stereocenters. The smallest absolute Gasteiger partial charge is 0.437 e. The van der Waals surface area contributed by atoms with Gasteiger partial charge in [0.25, 0.3) is 0 Å². The molecule has 0 fully saturated rings. The van der Waals surface area contributed by atoms with Crippen LogP contribution in [0.15, 0.2) is 12.1 Å². The van der Waals surface area contributed by atoms with Crippen molar-refractivity contribution in [3.63, 3.8) is 0 Å². The molecule has 2 rings (SSSR count). The molecule has 0 amide bonds. The largest absolute Gasteiger partial charge is 0.506 e. The Morgan fingerprint density at radius 1 is 0.773 bits per heavy atom. The SMILES string of the molecule is Oc1ccc(-c2c(F)c(F)c(F)c(F)c2F)nc1C(F)(F)F. The third-order valence-corrected chi connectivity index (χ3v) is 2.61. The molecule has 1 aromatic heterocycles. The Morgan fingerprint density at radius 2 is 1.23 bits per heavy atom. The van der Waals surface area contributed by atoms with Crippen molar-refractivity contribution in [2.75, 3.05) is 0 Å². The van der Waals surface area contributed by atoms with Crippen molar-refractivity contribution in [1.29, 1.82) is 0 Å². The predicted molar refractivity (Wildman–Crippen MR) is 56.1 cm³/mol. The summed E-state index contributed by atoms with van der Waals surface area (Å²) in [5.41, 5.74) is -4.71. The Bertz CT molecular complexity index is 727. The molecule has 2 aromatic rings. The molecule has 2 nitrogen and oxygen atoms in total. The number of hydrogen-bond donors (Lipinski definition) is 1. The minimum atomic E-state index is -5.19. The van der Waals surface area contributed by atoms with Gasteiger partial charge in [-0.25, -0.2) is 26.9 Å². The van der Waals surface area contributed by atoms with Gasteiger partial charge in [0.15, 0.2) is 29.0 Å². The van der Waals surface area contributed by atoms with Gasteiger partial charge in [0.2, 0.25) is 5.82 Å². The van der Waals surface area contributed by atoms with Crippen LogP contribution in [0, 0.1) is 29.1 Å². The van der Waals surface area contributed by atoms with Crippen LogP contribution >= 0.6 is 0 Å². The summed E-state index contributed by atoms with van der Waals surface area (Å²) >= 11 is 0. The van der Waals surface area contributed by atoms with Crippen LogP contribution in [-0.4, -0.2) is 10.1 Å². The Labute approximate surface area is 116 Å². The molecule has 1 aromatic carbocycles. The lowest BCUT2D eigenvalue weighted by atomic mass is 10.1. The molecule has 1 heterocycles. The average Bonchev–Trinajstić information content (AvgIpc) is 2.43. The predicted octanol–water partition coefficient (Wildman–Crippen LogP) is 4.17. The van der Waals surface area contributed by atoms with Gasteiger partial charge in [0, 0.05) is 0 Å². The maximum Gasteiger partial charge on any atom is 0.437 e. The number of benzene rings is 1. The van der Waals surface area contributed by atoms with Crippen LogP contribution in [0.25, 0.3) is 11.3 Å². The number of aromatic hydroxyl groups is 1. The van der Waals surface area contributed by atoms with Gasteiger partial charge in [-0.05, 0) is 12.1 Å². The van der Waals surface area contributed by atoms with Gasteiger partial charge in [-0.15, -0.1) is 0 Å². The standard InChI is InChI=1S/C12H3F8NO/c13-6-5(7(14)9(16)10(17)8(6)15)3-1-2-4(22)11(21-3)12(18,19)20/h1-2,22H. The second kappa shape index (κ2) is 5.11. The van der Waals surface area contributed by atoms with Crippen LogP contribution in [0.2, 0.25) is 0 Å². The summed E-state index contributed by atoms with van der Waals surface area (Å²) < 4.78 is 104. The first-order chi connectivity index (χ1) is 10.1. The lowest BCUT2D eigenvalue weighted by Crippen LogP contribution is -2.10. The minimum absolute atomic E-state index is 0.378. The average molecular weight is 329 g/mol. The molecule has 0 bridgehead atoms. The summed E-state index contributed by atoms with van der Waals surface area (Å²) in [5.74, 6) is -13.1. The molecule has 0 radical (unpaired) electrons. The zero-order chi connectivity index (χ0) is 16.8. The fourth-order valence-electron chi connectivity index (χ4n) is 1.63. The Hall–Kier alpha value is -2.39. The van der Waals surface area contributed by atoms with Crippen LogP contribution in [0.5, 0.6) is 5.75 Å². The monoisotopic (exact) mass is 329 g/mol. The summed E-state index contributed by atoms with van der Waals surface area (Å²) in [5, 5.41) is 9.03. The molecule has 0 saturated carbocycles. The fourth-order valence-corrected chi connectivity index (χ4v) is 1.63. The fraction of sp³-hybridized carbons (Fsp3) is 0.0833. The number of aromatic nitrogens is 1. The van der Waals surface area contributed by atoms with Crippen molar-refractivity contribution >= 4 is 0 Å². The quantitative estimate of drug-likeness (QED) is 0.484.